The van der Waals surface area contributed by atoms with Gasteiger partial charge in [0.05, 0.1) is 5.56 Å². The highest BCUT2D eigenvalue weighted by molar-refractivity contribution is 6.45. The van der Waals surface area contributed by atoms with Crippen LogP contribution >= 0.6 is 0 Å². The van der Waals surface area contributed by atoms with Crippen LogP contribution in [0.2, 0.25) is 0 Å². The molecule has 0 radical (unpaired) electrons. The monoisotopic (exact) mass is 348 g/mol. The highest BCUT2D eigenvalue weighted by Gasteiger charge is 2.24. The summed E-state index contributed by atoms with van der Waals surface area (Å²) in [6.07, 6.45) is 1.65. The van der Waals surface area contributed by atoms with Gasteiger partial charge < -0.3 is 9.88 Å². The number of aryl methyl sites for hydroxylation is 2. The van der Waals surface area contributed by atoms with Gasteiger partial charge in [-0.15, -0.1) is 0 Å². The van der Waals surface area contributed by atoms with E-state index in [9.17, 15) is 9.59 Å². The Morgan fingerprint density at radius 3 is 2.42 bits per heavy atom. The minimum absolute atomic E-state index is 0.0676. The highest BCUT2D eigenvalue weighted by atomic mass is 16.2. The Hall–Kier alpha value is -2.88. The van der Waals surface area contributed by atoms with Crippen LogP contribution in [0.3, 0.4) is 0 Å². The van der Waals surface area contributed by atoms with Gasteiger partial charge in [0, 0.05) is 29.7 Å². The van der Waals surface area contributed by atoms with Crippen molar-refractivity contribution < 1.29 is 9.59 Å². The Morgan fingerprint density at radius 1 is 1.04 bits per heavy atom. The van der Waals surface area contributed by atoms with E-state index < -0.39 is 11.7 Å². The molecule has 1 heterocycles. The number of hydrogen-bond acceptors (Lipinski definition) is 2. The van der Waals surface area contributed by atoms with Crippen molar-refractivity contribution in [1.82, 2.24) is 9.88 Å². The van der Waals surface area contributed by atoms with Crippen LogP contribution in [-0.2, 0) is 18.3 Å². The van der Waals surface area contributed by atoms with Crippen LogP contribution in [0.15, 0.2) is 54.6 Å². The van der Waals surface area contributed by atoms with Crippen molar-refractivity contribution >= 4 is 22.6 Å². The van der Waals surface area contributed by atoms with Crippen LogP contribution in [0.5, 0.6) is 0 Å². The van der Waals surface area contributed by atoms with E-state index in [2.05, 4.69) is 17.4 Å². The summed E-state index contributed by atoms with van der Waals surface area (Å²) in [5.74, 6) is -1.00. The fourth-order valence-electron chi connectivity index (χ4n) is 3.31. The molecule has 0 spiro atoms. The summed E-state index contributed by atoms with van der Waals surface area (Å²) in [6.45, 7) is 3.81. The number of aromatic nitrogens is 1. The lowest BCUT2D eigenvalue weighted by atomic mass is 10.0. The second kappa shape index (κ2) is 7.56. The number of carbonyl (C=O) groups is 2. The molecule has 3 rings (SSSR count). The normalized spacial score (nSPS) is 12.1. The number of carbonyl (C=O) groups excluding carboxylic acids is 2. The summed E-state index contributed by atoms with van der Waals surface area (Å²) < 4.78 is 1.95. The van der Waals surface area contributed by atoms with Crippen molar-refractivity contribution in [1.29, 1.82) is 0 Å². The molecule has 0 aliphatic carbocycles. The van der Waals surface area contributed by atoms with Gasteiger partial charge in [0.25, 0.3) is 11.7 Å². The Labute approximate surface area is 153 Å². The molecule has 134 valence electrons. The lowest BCUT2D eigenvalue weighted by Crippen LogP contribution is -2.38. The van der Waals surface area contributed by atoms with Crippen LogP contribution in [-0.4, -0.2) is 22.3 Å². The Kier molecular flexibility index (Phi) is 5.21. The molecule has 1 atom stereocenters. The van der Waals surface area contributed by atoms with Crippen molar-refractivity contribution in [3.8, 4) is 0 Å². The molecule has 1 amide bonds. The van der Waals surface area contributed by atoms with E-state index in [-0.39, 0.29) is 6.04 Å². The zero-order valence-corrected chi connectivity index (χ0v) is 15.5. The van der Waals surface area contributed by atoms with Crippen molar-refractivity contribution in [2.24, 2.45) is 7.05 Å². The summed E-state index contributed by atoms with van der Waals surface area (Å²) in [4.78, 5) is 25.3. The third-order valence-electron chi connectivity index (χ3n) is 4.92. The summed E-state index contributed by atoms with van der Waals surface area (Å²) in [5.41, 5.74) is 3.49. The first-order valence-electron chi connectivity index (χ1n) is 8.92. The van der Waals surface area contributed by atoms with Gasteiger partial charge in [-0.05, 0) is 38.3 Å². The van der Waals surface area contributed by atoms with Gasteiger partial charge in [-0.25, -0.2) is 0 Å². The number of Topliss-reactive ketones (excluding diaryl/α,β-unsaturated/α-hetero) is 1. The number of fused-ring (bicyclic) bond motifs is 1. The highest BCUT2D eigenvalue weighted by Crippen LogP contribution is 2.25. The second-order valence-corrected chi connectivity index (χ2v) is 6.76. The summed E-state index contributed by atoms with van der Waals surface area (Å²) in [7, 11) is 1.91. The average molecular weight is 348 g/mol. The van der Waals surface area contributed by atoms with Crippen LogP contribution in [0.4, 0.5) is 0 Å². The second-order valence-electron chi connectivity index (χ2n) is 6.76. The smallest absolute Gasteiger partial charge is 0.292 e. The van der Waals surface area contributed by atoms with Crippen molar-refractivity contribution in [2.75, 3.05) is 0 Å². The van der Waals surface area contributed by atoms with Gasteiger partial charge >= 0.3 is 0 Å². The summed E-state index contributed by atoms with van der Waals surface area (Å²) in [6, 6.07) is 17.7. The minimum atomic E-state index is -0.537. The number of rotatable bonds is 6. The number of amides is 1. The number of nitrogens with one attached hydrogen (secondary N) is 1. The lowest BCUT2D eigenvalue weighted by molar-refractivity contribution is -0.117. The molecule has 0 aliphatic heterocycles. The van der Waals surface area contributed by atoms with E-state index in [0.717, 1.165) is 29.4 Å². The van der Waals surface area contributed by atoms with E-state index in [0.29, 0.717) is 5.56 Å². The first-order valence-corrected chi connectivity index (χ1v) is 8.92. The molecule has 4 nitrogen and oxygen atoms in total. The molecular weight excluding hydrogens is 324 g/mol. The Balaban J connectivity index is 1.70. The molecule has 1 N–H and O–H groups in total. The van der Waals surface area contributed by atoms with Gasteiger partial charge in [0.15, 0.2) is 0 Å². The molecule has 26 heavy (non-hydrogen) atoms. The van der Waals surface area contributed by atoms with Crippen molar-refractivity contribution in [3.63, 3.8) is 0 Å². The van der Waals surface area contributed by atoms with Crippen LogP contribution < -0.4 is 5.32 Å². The largest absolute Gasteiger partial charge is 0.347 e. The first kappa shape index (κ1) is 17.9. The molecule has 0 unspecified atom stereocenters. The Bertz CT molecular complexity index is 941. The molecule has 1 aromatic heterocycles. The van der Waals surface area contributed by atoms with Crippen molar-refractivity contribution in [2.45, 2.75) is 32.7 Å². The molecule has 4 heteroatoms. The van der Waals surface area contributed by atoms with E-state index in [4.69, 9.17) is 0 Å². The third kappa shape index (κ3) is 3.54. The van der Waals surface area contributed by atoms with E-state index in [1.807, 2.05) is 67.9 Å². The number of ketones is 1. The molecule has 0 saturated carbocycles. The number of benzene rings is 2. The standard InChI is InChI=1S/C22H24N2O2/c1-15(13-14-17-9-5-4-6-10-17)23-22(26)21(25)20-16(2)24(3)19-12-8-7-11-18(19)20/h4-12,15H,13-14H2,1-3H3,(H,23,26)/t15-/m0/s1. The minimum Gasteiger partial charge on any atom is -0.347 e. The number of nitrogens with zero attached hydrogens (tertiary/aromatic N) is 1. The van der Waals surface area contributed by atoms with E-state index in [1.165, 1.54) is 5.56 Å². The molecule has 2 aromatic carbocycles. The molecule has 0 bridgehead atoms. The molecule has 0 saturated heterocycles. The van der Waals surface area contributed by atoms with E-state index >= 15 is 0 Å². The quantitative estimate of drug-likeness (QED) is 0.544. The lowest BCUT2D eigenvalue weighted by Gasteiger charge is -2.13. The fraction of sp³-hybridized carbons (Fsp3) is 0.273. The van der Waals surface area contributed by atoms with Gasteiger partial charge in [-0.1, -0.05) is 48.5 Å². The number of hydrogen-bond donors (Lipinski definition) is 1. The van der Waals surface area contributed by atoms with Gasteiger partial charge in [0.1, 0.15) is 0 Å². The molecule has 0 fully saturated rings. The first-order chi connectivity index (χ1) is 12.5. The maximum Gasteiger partial charge on any atom is 0.292 e. The maximum absolute atomic E-state index is 12.8. The Morgan fingerprint density at radius 2 is 1.69 bits per heavy atom. The fourth-order valence-corrected chi connectivity index (χ4v) is 3.31. The average Bonchev–Trinajstić information content (AvgIpc) is 2.91. The summed E-state index contributed by atoms with van der Waals surface area (Å²) in [5, 5.41) is 3.68. The number of para-hydroxylation sites is 1. The zero-order valence-electron chi connectivity index (χ0n) is 15.5. The molecule has 3 aromatic rings. The topological polar surface area (TPSA) is 51.1 Å². The van der Waals surface area contributed by atoms with Gasteiger partial charge in [0.2, 0.25) is 0 Å². The van der Waals surface area contributed by atoms with Gasteiger partial charge in [-0.2, -0.15) is 0 Å². The van der Waals surface area contributed by atoms with Gasteiger partial charge in [-0.3, -0.25) is 9.59 Å². The van der Waals surface area contributed by atoms with Crippen LogP contribution in [0, 0.1) is 6.92 Å². The van der Waals surface area contributed by atoms with Crippen molar-refractivity contribution in [3.05, 3.63) is 71.4 Å². The molecule has 0 aliphatic rings. The zero-order chi connectivity index (χ0) is 18.7. The third-order valence-corrected chi connectivity index (χ3v) is 4.92. The summed E-state index contributed by atoms with van der Waals surface area (Å²) >= 11 is 0. The predicted octanol–water partition coefficient (Wildman–Crippen LogP) is 3.81. The molecular formula is C22H24N2O2. The SMILES string of the molecule is Cc1c(C(=O)C(=O)N[C@@H](C)CCc2ccccc2)c2ccccc2n1C. The predicted molar refractivity (Wildman–Crippen MR) is 104 cm³/mol. The van der Waals surface area contributed by atoms with Crippen LogP contribution in [0.25, 0.3) is 10.9 Å². The van der Waals surface area contributed by atoms with E-state index in [1.54, 1.807) is 0 Å². The maximum atomic E-state index is 12.8. The van der Waals surface area contributed by atoms with Crippen LogP contribution in [0.1, 0.15) is 35.0 Å².